The molecule has 0 aromatic heterocycles. The smallest absolute Gasteiger partial charge is 0.239 e. The lowest BCUT2D eigenvalue weighted by molar-refractivity contribution is -0.136. The van der Waals surface area contributed by atoms with Gasteiger partial charge in [-0.25, -0.2) is 4.39 Å². The van der Waals surface area contributed by atoms with Crippen molar-refractivity contribution < 1.29 is 19.0 Å². The predicted octanol–water partition coefficient (Wildman–Crippen LogP) is 2.80. The van der Waals surface area contributed by atoms with Crippen LogP contribution < -0.4 is 21.1 Å². The standard InChI is InChI=1S/C33H48ClFN6O3/c1-2-44-31-5-3-4-28(35)27(31)22-40-14-16-41(17-15-40)33(43)32(36)23-8-11-39(12-9-23)13-10-24-18-26(34)6-7-29(24)38-20-25-19-37-21-30(25)42/h3-7,18,23,25,30,32,37-38,42H,2,8-17,19-22,36H2,1H3/t25-,30-,32+/m0/s1. The fraction of sp³-hybridized carbons (Fsp3) is 0.606. The van der Waals surface area contributed by atoms with Crippen LogP contribution in [0.25, 0.3) is 0 Å². The van der Waals surface area contributed by atoms with Gasteiger partial charge in [0.2, 0.25) is 5.91 Å². The van der Waals surface area contributed by atoms with Crippen molar-refractivity contribution in [2.24, 2.45) is 17.6 Å². The summed E-state index contributed by atoms with van der Waals surface area (Å²) in [5.41, 5.74) is 9.38. The van der Waals surface area contributed by atoms with Crippen LogP contribution in [0.3, 0.4) is 0 Å². The summed E-state index contributed by atoms with van der Waals surface area (Å²) in [6, 6.07) is 10.4. The van der Waals surface area contributed by atoms with E-state index in [-0.39, 0.29) is 29.7 Å². The fourth-order valence-electron chi connectivity index (χ4n) is 6.67. The Morgan fingerprint density at radius 2 is 1.91 bits per heavy atom. The molecule has 9 nitrogen and oxygen atoms in total. The van der Waals surface area contributed by atoms with E-state index >= 15 is 0 Å². The minimum atomic E-state index is -0.496. The minimum Gasteiger partial charge on any atom is -0.493 e. The monoisotopic (exact) mass is 630 g/mol. The van der Waals surface area contributed by atoms with E-state index in [1.54, 1.807) is 12.1 Å². The zero-order valence-corrected chi connectivity index (χ0v) is 26.6. The molecule has 1 amide bonds. The summed E-state index contributed by atoms with van der Waals surface area (Å²) in [6.07, 6.45) is 2.34. The zero-order valence-electron chi connectivity index (χ0n) is 25.8. The van der Waals surface area contributed by atoms with E-state index in [4.69, 9.17) is 22.1 Å². The largest absolute Gasteiger partial charge is 0.493 e. The number of hydrogen-bond donors (Lipinski definition) is 4. The molecule has 44 heavy (non-hydrogen) atoms. The van der Waals surface area contributed by atoms with Crippen molar-refractivity contribution in [2.75, 3.05) is 77.4 Å². The van der Waals surface area contributed by atoms with Crippen LogP contribution in [0.2, 0.25) is 5.02 Å². The van der Waals surface area contributed by atoms with Crippen LogP contribution in [0.4, 0.5) is 10.1 Å². The molecule has 3 aliphatic rings. The normalized spacial score (nSPS) is 22.7. The molecular weight excluding hydrogens is 583 g/mol. The quantitative estimate of drug-likeness (QED) is 0.284. The van der Waals surface area contributed by atoms with Gasteiger partial charge in [0, 0.05) is 81.1 Å². The highest BCUT2D eigenvalue weighted by Crippen LogP contribution is 2.27. The molecule has 0 saturated carbocycles. The number of piperazine rings is 1. The van der Waals surface area contributed by atoms with Crippen LogP contribution in [0, 0.1) is 17.7 Å². The van der Waals surface area contributed by atoms with Crippen LogP contribution >= 0.6 is 11.6 Å². The number of carbonyl (C=O) groups is 1. The Morgan fingerprint density at radius 1 is 1.14 bits per heavy atom. The van der Waals surface area contributed by atoms with Gasteiger partial charge in [-0.05, 0) is 81.1 Å². The van der Waals surface area contributed by atoms with Gasteiger partial charge in [0.1, 0.15) is 11.6 Å². The molecular formula is C33H48ClFN6O3. The fourth-order valence-corrected chi connectivity index (χ4v) is 6.86. The summed E-state index contributed by atoms with van der Waals surface area (Å²) in [6.45, 7) is 10.3. The first-order valence-corrected chi connectivity index (χ1v) is 16.5. The van der Waals surface area contributed by atoms with Gasteiger partial charge in [0.05, 0.1) is 18.8 Å². The third-order valence-corrected chi connectivity index (χ3v) is 9.73. The summed E-state index contributed by atoms with van der Waals surface area (Å²) in [5, 5.41) is 17.6. The van der Waals surface area contributed by atoms with E-state index in [1.807, 2.05) is 30.0 Å². The van der Waals surface area contributed by atoms with Gasteiger partial charge in [-0.3, -0.25) is 9.69 Å². The SMILES string of the molecule is CCOc1cccc(F)c1CN1CCN(C(=O)[C@H](N)C2CCN(CCc3cc(Cl)ccc3NC[C@@H]3CNC[C@@H]3O)CC2)CC1. The van der Waals surface area contributed by atoms with E-state index in [9.17, 15) is 14.3 Å². The van der Waals surface area contributed by atoms with Gasteiger partial charge in [0.15, 0.2) is 0 Å². The molecule has 0 radical (unpaired) electrons. The van der Waals surface area contributed by atoms with E-state index in [0.29, 0.717) is 57.2 Å². The van der Waals surface area contributed by atoms with Gasteiger partial charge in [-0.15, -0.1) is 0 Å². The molecule has 242 valence electrons. The number of nitrogens with one attached hydrogen (secondary N) is 2. The number of anilines is 1. The number of nitrogens with two attached hydrogens (primary N) is 1. The first-order chi connectivity index (χ1) is 21.3. The summed E-state index contributed by atoms with van der Waals surface area (Å²) in [5.74, 6) is 0.716. The Bertz CT molecular complexity index is 1240. The predicted molar refractivity (Wildman–Crippen MR) is 173 cm³/mol. The van der Waals surface area contributed by atoms with Crippen molar-refractivity contribution in [1.82, 2.24) is 20.0 Å². The summed E-state index contributed by atoms with van der Waals surface area (Å²) in [7, 11) is 0. The maximum Gasteiger partial charge on any atom is 0.239 e. The number of β-amino-alcohol motifs (C(OH)–C–C–N with tert-alkyl or cyclic N) is 1. The highest BCUT2D eigenvalue weighted by molar-refractivity contribution is 6.30. The number of halogens is 2. The second-order valence-electron chi connectivity index (χ2n) is 12.4. The molecule has 3 heterocycles. The van der Waals surface area contributed by atoms with Crippen molar-refractivity contribution >= 4 is 23.2 Å². The molecule has 3 saturated heterocycles. The van der Waals surface area contributed by atoms with E-state index < -0.39 is 6.04 Å². The van der Waals surface area contributed by atoms with Crippen molar-refractivity contribution in [3.63, 3.8) is 0 Å². The number of aliphatic hydroxyl groups excluding tert-OH is 1. The molecule has 3 fully saturated rings. The van der Waals surface area contributed by atoms with E-state index in [2.05, 4.69) is 20.4 Å². The number of benzene rings is 2. The lowest BCUT2D eigenvalue weighted by atomic mass is 9.88. The summed E-state index contributed by atoms with van der Waals surface area (Å²) in [4.78, 5) is 19.8. The second-order valence-corrected chi connectivity index (χ2v) is 12.8. The third-order valence-electron chi connectivity index (χ3n) is 9.49. The van der Waals surface area contributed by atoms with Crippen LogP contribution in [-0.2, 0) is 17.8 Å². The number of hydrogen-bond acceptors (Lipinski definition) is 8. The first-order valence-electron chi connectivity index (χ1n) is 16.1. The lowest BCUT2D eigenvalue weighted by Crippen LogP contribution is -2.55. The molecule has 0 unspecified atom stereocenters. The maximum atomic E-state index is 14.5. The highest BCUT2D eigenvalue weighted by atomic mass is 35.5. The van der Waals surface area contributed by atoms with E-state index in [1.165, 1.54) is 11.6 Å². The van der Waals surface area contributed by atoms with Crippen LogP contribution in [0.15, 0.2) is 36.4 Å². The van der Waals surface area contributed by atoms with Crippen LogP contribution in [-0.4, -0.2) is 110 Å². The molecule has 2 aromatic rings. The van der Waals surface area contributed by atoms with Crippen molar-refractivity contribution in [3.8, 4) is 5.75 Å². The van der Waals surface area contributed by atoms with Gasteiger partial charge in [0.25, 0.3) is 0 Å². The minimum absolute atomic E-state index is 0.0289. The van der Waals surface area contributed by atoms with Crippen molar-refractivity contribution in [1.29, 1.82) is 0 Å². The van der Waals surface area contributed by atoms with Crippen molar-refractivity contribution in [3.05, 3.63) is 58.4 Å². The zero-order chi connectivity index (χ0) is 31.1. The van der Waals surface area contributed by atoms with E-state index in [0.717, 1.165) is 62.7 Å². The molecule has 3 atom stereocenters. The molecule has 0 spiro atoms. The Morgan fingerprint density at radius 3 is 2.61 bits per heavy atom. The summed E-state index contributed by atoms with van der Waals surface area (Å²) < 4.78 is 20.2. The first kappa shape index (κ1) is 32.9. The lowest BCUT2D eigenvalue weighted by Gasteiger charge is -2.39. The number of ether oxygens (including phenoxy) is 1. The molecule has 0 bridgehead atoms. The molecule has 3 aliphatic heterocycles. The average Bonchev–Trinajstić information content (AvgIpc) is 3.45. The molecule has 2 aromatic carbocycles. The number of amides is 1. The van der Waals surface area contributed by atoms with Crippen molar-refractivity contribution in [2.45, 2.75) is 44.9 Å². The Hall–Kier alpha value is -2.47. The van der Waals surface area contributed by atoms with Gasteiger partial charge >= 0.3 is 0 Å². The number of rotatable bonds is 12. The third kappa shape index (κ3) is 8.41. The number of carbonyl (C=O) groups excluding carboxylic acids is 1. The van der Waals surface area contributed by atoms with Gasteiger partial charge in [-0.2, -0.15) is 0 Å². The second kappa shape index (κ2) is 15.7. The highest BCUT2D eigenvalue weighted by Gasteiger charge is 2.33. The number of aliphatic hydroxyl groups is 1. The maximum absolute atomic E-state index is 14.5. The molecule has 0 aliphatic carbocycles. The molecule has 5 N–H and O–H groups in total. The number of likely N-dealkylation sites (tertiary alicyclic amines) is 1. The molecule has 11 heteroatoms. The van der Waals surface area contributed by atoms with Gasteiger partial charge in [-0.1, -0.05) is 17.7 Å². The molecule has 5 rings (SSSR count). The van der Waals surface area contributed by atoms with Gasteiger partial charge < -0.3 is 36.0 Å². The average molecular weight is 631 g/mol. The number of piperidine rings is 1. The Balaban J connectivity index is 1.05. The number of nitrogens with zero attached hydrogens (tertiary/aromatic N) is 3. The Labute approximate surface area is 265 Å². The Kier molecular flexibility index (Phi) is 11.7. The van der Waals surface area contributed by atoms with Crippen LogP contribution in [0.1, 0.15) is 30.9 Å². The topological polar surface area (TPSA) is 106 Å². The van der Waals surface area contributed by atoms with Crippen LogP contribution in [0.5, 0.6) is 5.75 Å². The summed E-state index contributed by atoms with van der Waals surface area (Å²) >= 11 is 6.34.